The summed E-state index contributed by atoms with van der Waals surface area (Å²) in [6.45, 7) is 1.62. The topological polar surface area (TPSA) is 60.2 Å². The molecule has 0 fully saturated rings. The molecule has 17 heavy (non-hydrogen) atoms. The van der Waals surface area contributed by atoms with E-state index in [0.717, 1.165) is 0 Å². The highest BCUT2D eigenvalue weighted by molar-refractivity contribution is 7.91. The Morgan fingerprint density at radius 2 is 1.65 bits per heavy atom. The molecule has 3 nitrogen and oxygen atoms in total. The average Bonchev–Trinajstić information content (AvgIpc) is 2.14. The maximum absolute atomic E-state index is 12.5. The summed E-state index contributed by atoms with van der Waals surface area (Å²) in [6, 6.07) is 0. The Balaban J connectivity index is 4.58. The van der Waals surface area contributed by atoms with E-state index in [1.54, 1.807) is 6.92 Å². The van der Waals surface area contributed by atoms with Crippen LogP contribution in [0.25, 0.3) is 0 Å². The molecular weight excluding hydrogens is 269 g/mol. The first-order valence-corrected chi connectivity index (χ1v) is 6.57. The van der Waals surface area contributed by atoms with E-state index >= 15 is 0 Å². The van der Waals surface area contributed by atoms with Crippen LogP contribution in [0.3, 0.4) is 0 Å². The van der Waals surface area contributed by atoms with Gasteiger partial charge < -0.3 is 5.73 Å². The summed E-state index contributed by atoms with van der Waals surface area (Å²) in [6.07, 6.45) is -7.11. The average molecular weight is 283 g/mol. The molecule has 0 saturated heterocycles. The van der Waals surface area contributed by atoms with Crippen LogP contribution in [0, 0.1) is 0 Å². The smallest absolute Gasteiger partial charge is 0.315 e. The third kappa shape index (κ3) is 4.74. The van der Waals surface area contributed by atoms with Gasteiger partial charge in [0.1, 0.15) is 5.37 Å². The van der Waals surface area contributed by atoms with Gasteiger partial charge in [-0.25, -0.2) is 8.42 Å². The molecular formula is C8H14F5NO2S. The molecule has 0 bridgehead atoms. The molecule has 0 aliphatic heterocycles. The minimum absolute atomic E-state index is 0.0277. The molecule has 0 rings (SSSR count). The first-order valence-electron chi connectivity index (χ1n) is 4.85. The normalized spacial score (nSPS) is 15.9. The Kier molecular flexibility index (Phi) is 5.33. The van der Waals surface area contributed by atoms with Gasteiger partial charge in [0.2, 0.25) is 0 Å². The fourth-order valence-corrected chi connectivity index (χ4v) is 2.47. The molecule has 104 valence electrons. The summed E-state index contributed by atoms with van der Waals surface area (Å²) >= 11 is 0. The summed E-state index contributed by atoms with van der Waals surface area (Å²) in [5.74, 6) is -6.29. The predicted molar refractivity (Wildman–Crippen MR) is 52.3 cm³/mol. The van der Waals surface area contributed by atoms with Crippen LogP contribution in [0.2, 0.25) is 0 Å². The number of halogens is 5. The lowest BCUT2D eigenvalue weighted by molar-refractivity contribution is -0.282. The van der Waals surface area contributed by atoms with Crippen LogP contribution in [0.5, 0.6) is 0 Å². The molecule has 2 N–H and O–H groups in total. The van der Waals surface area contributed by atoms with Gasteiger partial charge in [0.15, 0.2) is 9.84 Å². The van der Waals surface area contributed by atoms with Crippen molar-refractivity contribution in [2.45, 2.75) is 43.7 Å². The molecule has 0 aromatic rings. The lowest BCUT2D eigenvalue weighted by Gasteiger charge is -2.20. The van der Waals surface area contributed by atoms with E-state index < -0.39 is 39.5 Å². The lowest BCUT2D eigenvalue weighted by Crippen LogP contribution is -2.40. The molecule has 0 heterocycles. The molecule has 0 aliphatic rings. The highest BCUT2D eigenvalue weighted by Gasteiger charge is 2.57. The van der Waals surface area contributed by atoms with Crippen LogP contribution in [-0.4, -0.2) is 31.6 Å². The van der Waals surface area contributed by atoms with Gasteiger partial charge in [-0.2, -0.15) is 22.0 Å². The summed E-state index contributed by atoms with van der Waals surface area (Å²) in [7, 11) is -4.12. The molecule has 0 aromatic heterocycles. The van der Waals surface area contributed by atoms with Gasteiger partial charge in [-0.05, 0) is 6.42 Å². The van der Waals surface area contributed by atoms with E-state index in [2.05, 4.69) is 0 Å². The highest BCUT2D eigenvalue weighted by Crippen LogP contribution is 2.38. The summed E-state index contributed by atoms with van der Waals surface area (Å²) in [5, 5.41) is -1.39. The SMILES string of the molecule is CCCC(N)S(=O)(=O)CCC(F)(F)C(F)(F)F. The van der Waals surface area contributed by atoms with Gasteiger partial charge in [0.05, 0.1) is 5.75 Å². The number of sulfone groups is 1. The maximum Gasteiger partial charge on any atom is 0.453 e. The number of rotatable bonds is 6. The van der Waals surface area contributed by atoms with E-state index in [9.17, 15) is 30.4 Å². The van der Waals surface area contributed by atoms with Gasteiger partial charge >= 0.3 is 12.1 Å². The van der Waals surface area contributed by atoms with Gasteiger partial charge in [-0.1, -0.05) is 13.3 Å². The van der Waals surface area contributed by atoms with Crippen LogP contribution < -0.4 is 5.73 Å². The third-order valence-corrected chi connectivity index (χ3v) is 4.08. The van der Waals surface area contributed by atoms with Crippen LogP contribution in [0.1, 0.15) is 26.2 Å². The van der Waals surface area contributed by atoms with Gasteiger partial charge in [-0.15, -0.1) is 0 Å². The zero-order valence-corrected chi connectivity index (χ0v) is 9.91. The predicted octanol–water partition coefficient (Wildman–Crippen LogP) is 2.07. The van der Waals surface area contributed by atoms with Crippen molar-refractivity contribution in [1.29, 1.82) is 0 Å². The number of hydrogen-bond acceptors (Lipinski definition) is 3. The van der Waals surface area contributed by atoms with Gasteiger partial charge in [-0.3, -0.25) is 0 Å². The van der Waals surface area contributed by atoms with Crippen LogP contribution in [-0.2, 0) is 9.84 Å². The molecule has 0 radical (unpaired) electrons. The minimum Gasteiger partial charge on any atom is -0.315 e. The first kappa shape index (κ1) is 16.6. The quantitative estimate of drug-likeness (QED) is 0.759. The minimum atomic E-state index is -5.74. The highest BCUT2D eigenvalue weighted by atomic mass is 32.2. The summed E-state index contributed by atoms with van der Waals surface area (Å²) in [5.41, 5.74) is 5.19. The van der Waals surface area contributed by atoms with E-state index in [-0.39, 0.29) is 6.42 Å². The second kappa shape index (κ2) is 5.47. The van der Waals surface area contributed by atoms with Crippen molar-refractivity contribution >= 4 is 9.84 Å². The van der Waals surface area contributed by atoms with E-state index in [0.29, 0.717) is 6.42 Å². The summed E-state index contributed by atoms with van der Waals surface area (Å²) < 4.78 is 82.8. The van der Waals surface area contributed by atoms with Gasteiger partial charge in [0.25, 0.3) is 0 Å². The van der Waals surface area contributed by atoms with Crippen LogP contribution in [0.4, 0.5) is 22.0 Å². The second-order valence-electron chi connectivity index (χ2n) is 3.65. The largest absolute Gasteiger partial charge is 0.453 e. The van der Waals surface area contributed by atoms with Crippen molar-refractivity contribution < 1.29 is 30.4 Å². The molecule has 1 unspecified atom stereocenters. The van der Waals surface area contributed by atoms with Crippen molar-refractivity contribution in [3.8, 4) is 0 Å². The molecule has 0 amide bonds. The number of nitrogens with two attached hydrogens (primary N) is 1. The first-order chi connectivity index (χ1) is 7.44. The fraction of sp³-hybridized carbons (Fsp3) is 1.00. The van der Waals surface area contributed by atoms with Crippen molar-refractivity contribution in [3.05, 3.63) is 0 Å². The Morgan fingerprint density at radius 1 is 1.18 bits per heavy atom. The van der Waals surface area contributed by atoms with Crippen molar-refractivity contribution in [2.24, 2.45) is 5.73 Å². The molecule has 9 heteroatoms. The summed E-state index contributed by atoms with van der Waals surface area (Å²) in [4.78, 5) is 0. The Labute approximate surface area is 96.1 Å². The maximum atomic E-state index is 12.5. The number of hydrogen-bond donors (Lipinski definition) is 1. The van der Waals surface area contributed by atoms with E-state index in [1.807, 2.05) is 0 Å². The Bertz CT molecular complexity index is 338. The fourth-order valence-electron chi connectivity index (χ4n) is 1.03. The van der Waals surface area contributed by atoms with E-state index in [1.165, 1.54) is 0 Å². The molecule has 0 saturated carbocycles. The second-order valence-corrected chi connectivity index (χ2v) is 5.99. The molecule has 1 atom stereocenters. The van der Waals surface area contributed by atoms with Crippen molar-refractivity contribution in [2.75, 3.05) is 5.75 Å². The zero-order chi connectivity index (χ0) is 13.9. The Morgan fingerprint density at radius 3 is 2.00 bits per heavy atom. The van der Waals surface area contributed by atoms with Crippen molar-refractivity contribution in [3.63, 3.8) is 0 Å². The van der Waals surface area contributed by atoms with Crippen molar-refractivity contribution in [1.82, 2.24) is 0 Å². The molecule has 0 spiro atoms. The Hall–Kier alpha value is -0.440. The molecule has 0 aromatic carbocycles. The van der Waals surface area contributed by atoms with E-state index in [4.69, 9.17) is 5.73 Å². The molecule has 0 aliphatic carbocycles. The zero-order valence-electron chi connectivity index (χ0n) is 9.10. The lowest BCUT2D eigenvalue weighted by atomic mass is 10.2. The number of alkyl halides is 5. The van der Waals surface area contributed by atoms with Gasteiger partial charge in [0, 0.05) is 6.42 Å². The van der Waals surface area contributed by atoms with Crippen LogP contribution in [0.15, 0.2) is 0 Å². The monoisotopic (exact) mass is 283 g/mol. The van der Waals surface area contributed by atoms with Crippen LogP contribution >= 0.6 is 0 Å². The third-order valence-electron chi connectivity index (χ3n) is 2.15. The standard InChI is InChI=1S/C8H14F5NO2S/c1-2-3-6(14)17(15,16)5-4-7(9,10)8(11,12)13/h6H,2-5,14H2,1H3.